The minimum Gasteiger partial charge on any atom is -0.494 e. The van der Waals surface area contributed by atoms with Crippen molar-refractivity contribution in [2.24, 2.45) is 5.73 Å². The molecule has 0 radical (unpaired) electrons. The van der Waals surface area contributed by atoms with Gasteiger partial charge in [0.05, 0.1) is 18.4 Å². The molecule has 0 atom stereocenters. The fraction of sp³-hybridized carbons (Fsp3) is 0.208. The van der Waals surface area contributed by atoms with Crippen molar-refractivity contribution in [1.82, 2.24) is 0 Å². The van der Waals surface area contributed by atoms with Crippen LogP contribution >= 0.6 is 15.9 Å². The van der Waals surface area contributed by atoms with Gasteiger partial charge in [0.1, 0.15) is 0 Å². The van der Waals surface area contributed by atoms with Crippen LogP contribution in [0, 0.1) is 0 Å². The largest absolute Gasteiger partial charge is 0.494 e. The lowest BCUT2D eigenvalue weighted by atomic mass is 9.85. The lowest BCUT2D eigenvalue weighted by Gasteiger charge is -2.23. The summed E-state index contributed by atoms with van der Waals surface area (Å²) >= 11 is 3.47. The number of rotatable bonds is 5. The van der Waals surface area contributed by atoms with Crippen molar-refractivity contribution in [1.29, 1.82) is 0 Å². The summed E-state index contributed by atoms with van der Waals surface area (Å²) in [5.74, 6) is -2.12. The highest BCUT2D eigenvalue weighted by molar-refractivity contribution is 9.10. The van der Waals surface area contributed by atoms with Crippen LogP contribution in [-0.4, -0.2) is 24.7 Å². The third-order valence-electron chi connectivity index (χ3n) is 4.99. The Morgan fingerprint density at radius 3 is 2.19 bits per heavy atom. The maximum absolute atomic E-state index is 13.0. The van der Waals surface area contributed by atoms with Gasteiger partial charge < -0.3 is 15.8 Å². The molecule has 0 unspecified atom stereocenters. The first-order chi connectivity index (χ1) is 14.5. The molecule has 3 N–H and O–H groups in total. The number of nitrogens with one attached hydrogen (secondary N) is 1. The van der Waals surface area contributed by atoms with Crippen LogP contribution in [-0.2, 0) is 10.2 Å². The predicted octanol–water partition coefficient (Wildman–Crippen LogP) is 4.83. The van der Waals surface area contributed by atoms with E-state index in [9.17, 15) is 14.4 Å². The summed E-state index contributed by atoms with van der Waals surface area (Å²) in [6.07, 6.45) is 0. The molecule has 160 valence electrons. The Morgan fingerprint density at radius 2 is 1.61 bits per heavy atom. The summed E-state index contributed by atoms with van der Waals surface area (Å²) in [7, 11) is 1.37. The van der Waals surface area contributed by atoms with E-state index in [1.807, 2.05) is 32.9 Å². The molecule has 2 amide bonds. The first kappa shape index (κ1) is 22.5. The third-order valence-corrected chi connectivity index (χ3v) is 5.69. The highest BCUT2D eigenvalue weighted by atomic mass is 79.9. The Morgan fingerprint density at radius 1 is 0.968 bits per heavy atom. The van der Waals surface area contributed by atoms with Crippen LogP contribution < -0.4 is 15.8 Å². The van der Waals surface area contributed by atoms with Gasteiger partial charge in [0, 0.05) is 10.0 Å². The summed E-state index contributed by atoms with van der Waals surface area (Å²) in [6.45, 7) is 5.89. The van der Waals surface area contributed by atoms with Crippen LogP contribution in [0.15, 0.2) is 53.0 Å². The van der Waals surface area contributed by atoms with Crippen molar-refractivity contribution < 1.29 is 19.1 Å². The Hall–Kier alpha value is -3.19. The third kappa shape index (κ3) is 4.46. The molecule has 0 aliphatic carbocycles. The van der Waals surface area contributed by atoms with E-state index in [0.717, 1.165) is 15.4 Å². The summed E-state index contributed by atoms with van der Waals surface area (Å²) in [4.78, 5) is 37.9. The number of anilines is 1. The molecule has 0 heterocycles. The van der Waals surface area contributed by atoms with Gasteiger partial charge in [-0.25, -0.2) is 0 Å². The first-order valence-corrected chi connectivity index (χ1v) is 10.4. The van der Waals surface area contributed by atoms with Crippen LogP contribution in [0.1, 0.15) is 47.1 Å². The maximum Gasteiger partial charge on any atom is 0.296 e. The topological polar surface area (TPSA) is 98.5 Å². The number of amides is 2. The summed E-state index contributed by atoms with van der Waals surface area (Å²) in [5.41, 5.74) is 6.58. The number of ketones is 1. The van der Waals surface area contributed by atoms with Gasteiger partial charge in [0.2, 0.25) is 0 Å². The Kier molecular flexibility index (Phi) is 6.18. The van der Waals surface area contributed by atoms with E-state index in [2.05, 4.69) is 21.2 Å². The zero-order valence-electron chi connectivity index (χ0n) is 17.7. The number of halogens is 1. The molecule has 3 aromatic carbocycles. The van der Waals surface area contributed by atoms with Gasteiger partial charge in [-0.15, -0.1) is 0 Å². The Balaban J connectivity index is 2.06. The molecule has 0 fully saturated rings. The summed E-state index contributed by atoms with van der Waals surface area (Å²) in [5, 5.41) is 4.10. The smallest absolute Gasteiger partial charge is 0.296 e. The van der Waals surface area contributed by atoms with E-state index in [1.165, 1.54) is 7.11 Å². The Bertz CT molecular complexity index is 1210. The number of ether oxygens (including phenoxy) is 1. The lowest BCUT2D eigenvalue weighted by Crippen LogP contribution is -2.25. The maximum atomic E-state index is 13.0. The number of primary amides is 1. The standard InChI is InChI=1S/C24H23BrN2O4/c1-24(2,3)13-11-17(22(26)29)21(31-4)19(12-13)27-23(30)20(28)16-9-10-18(25)15-8-6-5-7-14(15)16/h5-12H,1-4H3,(H2,26,29)(H,27,30). The van der Waals surface area contributed by atoms with E-state index in [1.54, 1.807) is 36.4 Å². The van der Waals surface area contributed by atoms with Gasteiger partial charge in [-0.2, -0.15) is 0 Å². The number of Topliss-reactive ketones (excluding diaryl/α,β-unsaturated/α-hetero) is 1. The molecule has 0 aliphatic rings. The molecular weight excluding hydrogens is 460 g/mol. The molecule has 0 aromatic heterocycles. The van der Waals surface area contributed by atoms with Crippen LogP contribution in [0.2, 0.25) is 0 Å². The summed E-state index contributed by atoms with van der Waals surface area (Å²) in [6, 6.07) is 14.0. The predicted molar refractivity (Wildman–Crippen MR) is 125 cm³/mol. The van der Waals surface area contributed by atoms with Crippen molar-refractivity contribution >= 4 is 50.0 Å². The van der Waals surface area contributed by atoms with Gasteiger partial charge in [-0.3, -0.25) is 14.4 Å². The molecule has 7 heteroatoms. The van der Waals surface area contributed by atoms with E-state index in [4.69, 9.17) is 10.5 Å². The molecular formula is C24H23BrN2O4. The second kappa shape index (κ2) is 8.51. The van der Waals surface area contributed by atoms with Crippen molar-refractivity contribution in [3.8, 4) is 5.75 Å². The van der Waals surface area contributed by atoms with Crippen molar-refractivity contribution in [3.63, 3.8) is 0 Å². The van der Waals surface area contributed by atoms with Crippen LogP contribution in [0.5, 0.6) is 5.75 Å². The van der Waals surface area contributed by atoms with Crippen molar-refractivity contribution in [2.75, 3.05) is 12.4 Å². The normalized spacial score (nSPS) is 11.3. The fourth-order valence-electron chi connectivity index (χ4n) is 3.32. The molecule has 3 rings (SSSR count). The van der Waals surface area contributed by atoms with Crippen LogP contribution in [0.25, 0.3) is 10.8 Å². The van der Waals surface area contributed by atoms with E-state index in [0.29, 0.717) is 5.39 Å². The number of hydrogen-bond donors (Lipinski definition) is 2. The highest BCUT2D eigenvalue weighted by Crippen LogP contribution is 2.35. The van der Waals surface area contributed by atoms with Gasteiger partial charge in [-0.1, -0.05) is 61.0 Å². The molecule has 0 spiro atoms. The SMILES string of the molecule is COc1c(NC(=O)C(=O)c2ccc(Br)c3ccccc23)cc(C(C)(C)C)cc1C(N)=O. The van der Waals surface area contributed by atoms with Crippen LogP contribution in [0.4, 0.5) is 5.69 Å². The van der Waals surface area contributed by atoms with Gasteiger partial charge in [0.15, 0.2) is 5.75 Å². The van der Waals surface area contributed by atoms with Crippen molar-refractivity contribution in [3.05, 3.63) is 69.7 Å². The average molecular weight is 483 g/mol. The Labute approximate surface area is 188 Å². The molecule has 0 saturated carbocycles. The number of nitrogens with two attached hydrogens (primary N) is 1. The van der Waals surface area contributed by atoms with Crippen molar-refractivity contribution in [2.45, 2.75) is 26.2 Å². The molecule has 31 heavy (non-hydrogen) atoms. The van der Waals surface area contributed by atoms with E-state index in [-0.39, 0.29) is 28.0 Å². The van der Waals surface area contributed by atoms with Crippen LogP contribution in [0.3, 0.4) is 0 Å². The number of carbonyl (C=O) groups is 3. The zero-order chi connectivity index (χ0) is 22.9. The highest BCUT2D eigenvalue weighted by Gasteiger charge is 2.25. The quantitative estimate of drug-likeness (QED) is 0.401. The number of fused-ring (bicyclic) bond motifs is 1. The van der Waals surface area contributed by atoms with E-state index < -0.39 is 17.6 Å². The zero-order valence-corrected chi connectivity index (χ0v) is 19.3. The van der Waals surface area contributed by atoms with Gasteiger partial charge in [-0.05, 0) is 46.0 Å². The fourth-order valence-corrected chi connectivity index (χ4v) is 3.80. The van der Waals surface area contributed by atoms with Gasteiger partial charge in [0.25, 0.3) is 17.6 Å². The second-order valence-corrected chi connectivity index (χ2v) is 9.00. The number of carbonyl (C=O) groups excluding carboxylic acids is 3. The molecule has 6 nitrogen and oxygen atoms in total. The minimum atomic E-state index is -0.841. The number of methoxy groups -OCH3 is 1. The number of benzene rings is 3. The number of hydrogen-bond acceptors (Lipinski definition) is 4. The van der Waals surface area contributed by atoms with Gasteiger partial charge >= 0.3 is 0 Å². The monoisotopic (exact) mass is 482 g/mol. The lowest BCUT2D eigenvalue weighted by molar-refractivity contribution is -0.112. The molecule has 0 bridgehead atoms. The molecule has 0 aliphatic heterocycles. The molecule has 0 saturated heterocycles. The van der Waals surface area contributed by atoms with E-state index >= 15 is 0 Å². The molecule has 3 aromatic rings. The first-order valence-electron chi connectivity index (χ1n) is 9.60. The minimum absolute atomic E-state index is 0.113. The summed E-state index contributed by atoms with van der Waals surface area (Å²) < 4.78 is 6.17. The second-order valence-electron chi connectivity index (χ2n) is 8.14. The average Bonchev–Trinajstić information content (AvgIpc) is 2.72.